The Morgan fingerprint density at radius 3 is 2.67 bits per heavy atom. The van der Waals surface area contributed by atoms with E-state index in [1.807, 2.05) is 54.3 Å². The quantitative estimate of drug-likeness (QED) is 0.738. The Hall–Kier alpha value is -2.88. The van der Waals surface area contributed by atoms with E-state index < -0.39 is 0 Å². The zero-order valence-electron chi connectivity index (χ0n) is 15.8. The third-order valence-electron chi connectivity index (χ3n) is 5.85. The Bertz CT molecular complexity index is 1050. The molecule has 1 aliphatic carbocycles. The van der Waals surface area contributed by atoms with E-state index in [4.69, 9.17) is 0 Å². The number of ketones is 1. The monoisotopic (exact) mass is 358 g/mol. The van der Waals surface area contributed by atoms with Crippen molar-refractivity contribution in [3.8, 4) is 0 Å². The average molecular weight is 358 g/mol. The third kappa shape index (κ3) is 2.29. The molecule has 0 bridgehead atoms. The van der Waals surface area contributed by atoms with Gasteiger partial charge in [0.15, 0.2) is 5.78 Å². The standard InChI is InChI=1S/C23H22N2O2/c1-13-8-9-16-18(10-13)25-21(14-6-4-5-7-15(14)22(25)27)20-17(24-16)11-23(2,3)12-19(20)26/h4-10,21,24H,11-12H2,1-3H3/t21-/m1/s1. The van der Waals surface area contributed by atoms with Crippen LogP contribution in [-0.4, -0.2) is 11.7 Å². The molecule has 0 aromatic heterocycles. The first-order valence-electron chi connectivity index (χ1n) is 9.42. The SMILES string of the molecule is Cc1ccc2c(c1)N1C(=O)c3ccccc3[C@@H]1C1=C(CC(C)(C)CC1=O)N2. The first-order valence-corrected chi connectivity index (χ1v) is 9.42. The Morgan fingerprint density at radius 2 is 1.85 bits per heavy atom. The second kappa shape index (κ2) is 5.32. The number of nitrogens with one attached hydrogen (secondary N) is 1. The highest BCUT2D eigenvalue weighted by Gasteiger charge is 2.47. The topological polar surface area (TPSA) is 49.4 Å². The van der Waals surface area contributed by atoms with Gasteiger partial charge in [0.05, 0.1) is 17.4 Å². The van der Waals surface area contributed by atoms with Gasteiger partial charge in [-0.1, -0.05) is 38.1 Å². The minimum atomic E-state index is -0.345. The number of aryl methyl sites for hydroxylation is 1. The number of allylic oxidation sites excluding steroid dienone is 1. The van der Waals surface area contributed by atoms with E-state index in [9.17, 15) is 9.59 Å². The highest BCUT2D eigenvalue weighted by Crippen LogP contribution is 2.51. The van der Waals surface area contributed by atoms with Gasteiger partial charge in [-0.05, 0) is 48.1 Å². The summed E-state index contributed by atoms with van der Waals surface area (Å²) in [5.41, 5.74) is 6.07. The van der Waals surface area contributed by atoms with E-state index in [2.05, 4.69) is 19.2 Å². The summed E-state index contributed by atoms with van der Waals surface area (Å²) in [5.74, 6) is 0.105. The van der Waals surface area contributed by atoms with Crippen molar-refractivity contribution in [1.82, 2.24) is 0 Å². The Labute approximate surface area is 158 Å². The molecule has 2 aliphatic heterocycles. The molecule has 2 aromatic rings. The predicted octanol–water partition coefficient (Wildman–Crippen LogP) is 4.77. The summed E-state index contributed by atoms with van der Waals surface area (Å²) in [7, 11) is 0. The maximum Gasteiger partial charge on any atom is 0.259 e. The number of hydrogen-bond acceptors (Lipinski definition) is 3. The van der Waals surface area contributed by atoms with Crippen LogP contribution in [0.2, 0.25) is 0 Å². The van der Waals surface area contributed by atoms with Gasteiger partial charge < -0.3 is 5.32 Å². The Kier molecular flexibility index (Phi) is 3.21. The number of benzene rings is 2. The van der Waals surface area contributed by atoms with Gasteiger partial charge in [-0.15, -0.1) is 0 Å². The van der Waals surface area contributed by atoms with Gasteiger partial charge in [0, 0.05) is 23.3 Å². The lowest BCUT2D eigenvalue weighted by Gasteiger charge is -2.34. The second-order valence-electron chi connectivity index (χ2n) is 8.64. The van der Waals surface area contributed by atoms with Crippen molar-refractivity contribution in [3.05, 3.63) is 70.4 Å². The van der Waals surface area contributed by atoms with Gasteiger partial charge in [-0.25, -0.2) is 0 Å². The van der Waals surface area contributed by atoms with E-state index in [1.165, 1.54) is 0 Å². The minimum absolute atomic E-state index is 0.0318. The fraction of sp³-hybridized carbons (Fsp3) is 0.304. The first kappa shape index (κ1) is 16.3. The largest absolute Gasteiger partial charge is 0.357 e. The minimum Gasteiger partial charge on any atom is -0.357 e. The van der Waals surface area contributed by atoms with Crippen molar-refractivity contribution >= 4 is 23.1 Å². The van der Waals surface area contributed by atoms with Crippen LogP contribution in [0, 0.1) is 12.3 Å². The lowest BCUT2D eigenvalue weighted by molar-refractivity contribution is -0.118. The van der Waals surface area contributed by atoms with Crippen LogP contribution in [0.3, 0.4) is 0 Å². The number of nitrogens with zero attached hydrogens (tertiary/aromatic N) is 1. The third-order valence-corrected chi connectivity index (χ3v) is 5.85. The second-order valence-corrected chi connectivity index (χ2v) is 8.64. The molecule has 2 heterocycles. The number of hydrogen-bond donors (Lipinski definition) is 1. The summed E-state index contributed by atoms with van der Waals surface area (Å²) in [6.07, 6.45) is 1.30. The normalized spacial score (nSPS) is 22.5. The summed E-state index contributed by atoms with van der Waals surface area (Å²) >= 11 is 0. The fourth-order valence-electron chi connectivity index (χ4n) is 4.72. The van der Waals surface area contributed by atoms with Gasteiger partial charge in [0.2, 0.25) is 0 Å². The van der Waals surface area contributed by atoms with Gasteiger partial charge >= 0.3 is 0 Å². The highest BCUT2D eigenvalue weighted by molar-refractivity contribution is 6.16. The summed E-state index contributed by atoms with van der Waals surface area (Å²) in [6, 6.07) is 13.4. The van der Waals surface area contributed by atoms with Gasteiger partial charge in [-0.3, -0.25) is 14.5 Å². The van der Waals surface area contributed by atoms with Crippen molar-refractivity contribution < 1.29 is 9.59 Å². The van der Waals surface area contributed by atoms with Gasteiger partial charge in [0.25, 0.3) is 5.91 Å². The van der Waals surface area contributed by atoms with Crippen LogP contribution in [0.15, 0.2) is 53.7 Å². The molecule has 136 valence electrons. The van der Waals surface area contributed by atoms with Crippen LogP contribution in [0.25, 0.3) is 0 Å². The van der Waals surface area contributed by atoms with Crippen molar-refractivity contribution in [3.63, 3.8) is 0 Å². The Morgan fingerprint density at radius 1 is 1.07 bits per heavy atom. The van der Waals surface area contributed by atoms with Crippen molar-refractivity contribution in [2.75, 3.05) is 10.2 Å². The molecule has 0 spiro atoms. The predicted molar refractivity (Wildman–Crippen MR) is 106 cm³/mol. The summed E-state index contributed by atoms with van der Waals surface area (Å²) in [4.78, 5) is 28.4. The summed E-state index contributed by atoms with van der Waals surface area (Å²) in [5, 5.41) is 3.52. The van der Waals surface area contributed by atoms with Gasteiger partial charge in [0.1, 0.15) is 0 Å². The van der Waals surface area contributed by atoms with Crippen molar-refractivity contribution in [2.45, 2.75) is 39.7 Å². The van der Waals surface area contributed by atoms with Crippen LogP contribution in [0.4, 0.5) is 11.4 Å². The van der Waals surface area contributed by atoms with Crippen LogP contribution < -0.4 is 10.2 Å². The number of carbonyl (C=O) groups is 2. The molecule has 0 fully saturated rings. The van der Waals surface area contributed by atoms with Crippen LogP contribution in [-0.2, 0) is 4.79 Å². The summed E-state index contributed by atoms with van der Waals surface area (Å²) < 4.78 is 0. The molecule has 0 saturated heterocycles. The molecule has 3 aliphatic rings. The number of amides is 1. The molecule has 4 heteroatoms. The van der Waals surface area contributed by atoms with E-state index in [-0.39, 0.29) is 23.1 Å². The van der Waals surface area contributed by atoms with E-state index in [1.54, 1.807) is 0 Å². The lowest BCUT2D eigenvalue weighted by atomic mass is 9.73. The van der Waals surface area contributed by atoms with Crippen LogP contribution in [0.5, 0.6) is 0 Å². The molecule has 1 N–H and O–H groups in total. The molecular weight excluding hydrogens is 336 g/mol. The molecular formula is C23H22N2O2. The van der Waals surface area contributed by atoms with Crippen molar-refractivity contribution in [2.24, 2.45) is 5.41 Å². The zero-order chi connectivity index (χ0) is 18.9. The molecule has 1 atom stereocenters. The highest BCUT2D eigenvalue weighted by atomic mass is 16.2. The van der Waals surface area contributed by atoms with E-state index in [0.717, 1.165) is 40.2 Å². The zero-order valence-corrected chi connectivity index (χ0v) is 15.8. The Balaban J connectivity index is 1.82. The number of rotatable bonds is 0. The molecule has 0 unspecified atom stereocenters. The van der Waals surface area contributed by atoms with Crippen LogP contribution in [0.1, 0.15) is 54.2 Å². The van der Waals surface area contributed by atoms with E-state index in [0.29, 0.717) is 12.0 Å². The fourth-order valence-corrected chi connectivity index (χ4v) is 4.72. The summed E-state index contributed by atoms with van der Waals surface area (Å²) in [6.45, 7) is 6.28. The molecule has 2 aromatic carbocycles. The molecule has 27 heavy (non-hydrogen) atoms. The maximum absolute atomic E-state index is 13.3. The molecule has 4 nitrogen and oxygen atoms in total. The van der Waals surface area contributed by atoms with Gasteiger partial charge in [-0.2, -0.15) is 0 Å². The average Bonchev–Trinajstić information content (AvgIpc) is 2.80. The molecule has 0 saturated carbocycles. The smallest absolute Gasteiger partial charge is 0.259 e. The number of Topliss-reactive ketones (excluding diaryl/α,β-unsaturated/α-hetero) is 1. The van der Waals surface area contributed by atoms with E-state index >= 15 is 0 Å². The number of carbonyl (C=O) groups excluding carboxylic acids is 2. The maximum atomic E-state index is 13.3. The first-order chi connectivity index (χ1) is 12.9. The van der Waals surface area contributed by atoms with Crippen molar-refractivity contribution in [1.29, 1.82) is 0 Å². The number of anilines is 2. The van der Waals surface area contributed by atoms with Crippen LogP contribution >= 0.6 is 0 Å². The molecule has 5 rings (SSSR count). The lowest BCUT2D eigenvalue weighted by Crippen LogP contribution is -2.34. The molecule has 1 amide bonds. The number of fused-ring (bicyclic) bond motifs is 6. The molecule has 0 radical (unpaired) electrons.